The molecule has 0 spiro atoms. The molecule has 5 atom stereocenters. The molecule has 1 aliphatic rings. The van der Waals surface area contributed by atoms with Crippen molar-refractivity contribution in [3.05, 3.63) is 0 Å². The average molecular weight is 208 g/mol. The second-order valence-corrected chi connectivity index (χ2v) is 4.01. The summed E-state index contributed by atoms with van der Waals surface area (Å²) in [6, 6.07) is 0. The third-order valence-electron chi connectivity index (χ3n) is 2.72. The molecule has 6 heteroatoms. The summed E-state index contributed by atoms with van der Waals surface area (Å²) in [5.74, 6) is 0. The van der Waals surface area contributed by atoms with Crippen molar-refractivity contribution < 1.29 is 30.3 Å². The van der Waals surface area contributed by atoms with Gasteiger partial charge in [0.15, 0.2) is 6.29 Å². The third-order valence-corrected chi connectivity index (χ3v) is 2.72. The molecule has 1 heterocycles. The van der Waals surface area contributed by atoms with Gasteiger partial charge in [-0.25, -0.2) is 0 Å². The van der Waals surface area contributed by atoms with Crippen LogP contribution in [-0.2, 0) is 4.74 Å². The molecule has 0 aromatic rings. The number of aliphatic hydroxyl groups excluding tert-OH is 3. The van der Waals surface area contributed by atoms with Crippen LogP contribution in [0.3, 0.4) is 0 Å². The Balaban J connectivity index is 2.97. The van der Waals surface area contributed by atoms with Gasteiger partial charge in [0, 0.05) is 0 Å². The maximum absolute atomic E-state index is 9.75. The van der Waals surface area contributed by atoms with E-state index >= 15 is 0 Å². The first-order chi connectivity index (χ1) is 6.24. The smallest absolute Gasteiger partial charge is 0.186 e. The number of ether oxygens (including phenoxy) is 1. The third kappa shape index (κ3) is 1.54. The number of hydrogen-bond acceptors (Lipinski definition) is 6. The Morgan fingerprint density at radius 3 is 2.07 bits per heavy atom. The van der Waals surface area contributed by atoms with E-state index in [0.29, 0.717) is 0 Å². The minimum Gasteiger partial charge on any atom is -0.394 e. The standard InChI is InChI=1S/C8H16O6/c1-7(12)4(3-9)14-6(11)8(2,13)5(7)10/h4-6,9-13H,3H2,1-2H3/t4-,5+,6+,7-,8+/m0/s1. The van der Waals surface area contributed by atoms with E-state index in [9.17, 15) is 20.4 Å². The summed E-state index contributed by atoms with van der Waals surface area (Å²) in [5.41, 5.74) is -3.77. The first-order valence-corrected chi connectivity index (χ1v) is 4.31. The fourth-order valence-electron chi connectivity index (χ4n) is 1.56. The van der Waals surface area contributed by atoms with E-state index in [4.69, 9.17) is 9.84 Å². The maximum Gasteiger partial charge on any atom is 0.186 e. The van der Waals surface area contributed by atoms with E-state index in [-0.39, 0.29) is 0 Å². The molecule has 1 saturated heterocycles. The molecule has 0 bridgehead atoms. The van der Waals surface area contributed by atoms with Crippen molar-refractivity contribution in [2.45, 2.75) is 43.5 Å². The minimum atomic E-state index is -1.96. The van der Waals surface area contributed by atoms with Gasteiger partial charge in [-0.3, -0.25) is 0 Å². The molecule has 0 aromatic carbocycles. The van der Waals surface area contributed by atoms with Gasteiger partial charge in [-0.15, -0.1) is 0 Å². The van der Waals surface area contributed by atoms with Crippen molar-refractivity contribution in [1.82, 2.24) is 0 Å². The Kier molecular flexibility index (Phi) is 2.88. The summed E-state index contributed by atoms with van der Waals surface area (Å²) in [6.45, 7) is 1.81. The fraction of sp³-hybridized carbons (Fsp3) is 1.00. The fourth-order valence-corrected chi connectivity index (χ4v) is 1.56. The van der Waals surface area contributed by atoms with Gasteiger partial charge in [0.2, 0.25) is 0 Å². The van der Waals surface area contributed by atoms with Crippen LogP contribution in [0, 0.1) is 0 Å². The number of hydrogen-bond donors (Lipinski definition) is 5. The molecule has 0 aliphatic carbocycles. The monoisotopic (exact) mass is 208 g/mol. The maximum atomic E-state index is 9.75. The number of aliphatic hydroxyl groups is 5. The Bertz CT molecular complexity index is 214. The van der Waals surface area contributed by atoms with Crippen molar-refractivity contribution >= 4 is 0 Å². The minimum absolute atomic E-state index is 0.558. The Morgan fingerprint density at radius 1 is 1.14 bits per heavy atom. The second kappa shape index (κ2) is 3.41. The second-order valence-electron chi connectivity index (χ2n) is 4.01. The van der Waals surface area contributed by atoms with Crippen LogP contribution in [-0.4, -0.2) is 61.8 Å². The van der Waals surface area contributed by atoms with E-state index in [1.54, 1.807) is 0 Å². The molecular formula is C8H16O6. The molecule has 0 unspecified atom stereocenters. The molecule has 14 heavy (non-hydrogen) atoms. The zero-order chi connectivity index (χ0) is 11.1. The predicted octanol–water partition coefficient (Wildman–Crippen LogP) is -2.44. The quantitative estimate of drug-likeness (QED) is 0.327. The highest BCUT2D eigenvalue weighted by Crippen LogP contribution is 2.34. The summed E-state index contributed by atoms with van der Waals surface area (Å²) in [4.78, 5) is 0. The lowest BCUT2D eigenvalue weighted by atomic mass is 9.79. The topological polar surface area (TPSA) is 110 Å². The highest BCUT2D eigenvalue weighted by Gasteiger charge is 2.57. The summed E-state index contributed by atoms with van der Waals surface area (Å²) < 4.78 is 4.78. The molecule has 0 saturated carbocycles. The molecule has 0 aromatic heterocycles. The highest BCUT2D eigenvalue weighted by atomic mass is 16.6. The van der Waals surface area contributed by atoms with Crippen LogP contribution in [0.25, 0.3) is 0 Å². The summed E-state index contributed by atoms with van der Waals surface area (Å²) >= 11 is 0. The van der Waals surface area contributed by atoms with Crippen LogP contribution in [0.1, 0.15) is 13.8 Å². The lowest BCUT2D eigenvalue weighted by Crippen LogP contribution is -2.70. The average Bonchev–Trinajstić information content (AvgIpc) is 2.09. The normalized spacial score (nSPS) is 54.6. The largest absolute Gasteiger partial charge is 0.394 e. The van der Waals surface area contributed by atoms with Crippen LogP contribution < -0.4 is 0 Å². The number of rotatable bonds is 1. The molecule has 1 rings (SSSR count). The summed E-state index contributed by atoms with van der Waals surface area (Å²) in [7, 11) is 0. The van der Waals surface area contributed by atoms with Crippen LogP contribution in [0.15, 0.2) is 0 Å². The van der Waals surface area contributed by atoms with Gasteiger partial charge in [0.1, 0.15) is 23.4 Å². The lowest BCUT2D eigenvalue weighted by Gasteiger charge is -2.49. The van der Waals surface area contributed by atoms with Crippen LogP contribution in [0.4, 0.5) is 0 Å². The van der Waals surface area contributed by atoms with Gasteiger partial charge >= 0.3 is 0 Å². The van der Waals surface area contributed by atoms with Crippen LogP contribution in [0.5, 0.6) is 0 Å². The molecule has 1 aliphatic heterocycles. The van der Waals surface area contributed by atoms with Crippen molar-refractivity contribution in [1.29, 1.82) is 0 Å². The summed E-state index contributed by atoms with van der Waals surface area (Å²) in [5, 5.41) is 47.1. The Morgan fingerprint density at radius 2 is 1.64 bits per heavy atom. The molecule has 6 nitrogen and oxygen atoms in total. The SMILES string of the molecule is C[C@@]1(O)[C@H](O)[C@@](C)(O)[C@H](CO)O[C@H]1O. The zero-order valence-electron chi connectivity index (χ0n) is 8.08. The molecule has 0 radical (unpaired) electrons. The van der Waals surface area contributed by atoms with E-state index in [1.807, 2.05) is 0 Å². The predicted molar refractivity (Wildman–Crippen MR) is 45.2 cm³/mol. The Labute approximate surface area is 81.4 Å². The molecule has 1 fully saturated rings. The Hall–Kier alpha value is -0.240. The van der Waals surface area contributed by atoms with E-state index in [0.717, 1.165) is 6.92 Å². The van der Waals surface area contributed by atoms with Crippen LogP contribution >= 0.6 is 0 Å². The van der Waals surface area contributed by atoms with E-state index < -0.39 is 36.3 Å². The molecule has 0 amide bonds. The molecule has 84 valence electrons. The van der Waals surface area contributed by atoms with Gasteiger partial charge in [-0.2, -0.15) is 0 Å². The molecular weight excluding hydrogens is 192 g/mol. The van der Waals surface area contributed by atoms with Gasteiger partial charge in [-0.05, 0) is 13.8 Å². The van der Waals surface area contributed by atoms with Crippen molar-refractivity contribution in [3.63, 3.8) is 0 Å². The molecule has 5 N–H and O–H groups in total. The van der Waals surface area contributed by atoms with Crippen molar-refractivity contribution in [2.24, 2.45) is 0 Å². The van der Waals surface area contributed by atoms with Crippen molar-refractivity contribution in [2.75, 3.05) is 6.61 Å². The van der Waals surface area contributed by atoms with E-state index in [1.165, 1.54) is 6.92 Å². The van der Waals surface area contributed by atoms with E-state index in [2.05, 4.69) is 0 Å². The summed E-state index contributed by atoms with van der Waals surface area (Å²) in [6.07, 6.45) is -4.38. The first kappa shape index (κ1) is 11.8. The van der Waals surface area contributed by atoms with Gasteiger partial charge < -0.3 is 30.3 Å². The lowest BCUT2D eigenvalue weighted by molar-refractivity contribution is -0.349. The highest BCUT2D eigenvalue weighted by molar-refractivity contribution is 5.04. The van der Waals surface area contributed by atoms with Crippen LogP contribution in [0.2, 0.25) is 0 Å². The van der Waals surface area contributed by atoms with Crippen molar-refractivity contribution in [3.8, 4) is 0 Å². The van der Waals surface area contributed by atoms with Gasteiger partial charge in [0.25, 0.3) is 0 Å². The van der Waals surface area contributed by atoms with Gasteiger partial charge in [-0.1, -0.05) is 0 Å². The van der Waals surface area contributed by atoms with Gasteiger partial charge in [0.05, 0.1) is 6.61 Å². The first-order valence-electron chi connectivity index (χ1n) is 4.31. The zero-order valence-corrected chi connectivity index (χ0v) is 8.08.